The van der Waals surface area contributed by atoms with Crippen molar-refractivity contribution in [1.29, 1.82) is 0 Å². The molecule has 0 amide bonds. The van der Waals surface area contributed by atoms with Crippen LogP contribution in [0, 0.1) is 6.61 Å². The average molecular weight is 144 g/mol. The molecule has 0 rings (SSSR count). The molecule has 2 heteroatoms. The van der Waals surface area contributed by atoms with Crippen molar-refractivity contribution in [2.45, 2.75) is 33.9 Å². The van der Waals surface area contributed by atoms with E-state index < -0.39 is 0 Å². The number of ether oxygens (including phenoxy) is 1. The van der Waals surface area contributed by atoms with Crippen molar-refractivity contribution in [3.05, 3.63) is 6.61 Å². The molecule has 61 valence electrons. The van der Waals surface area contributed by atoms with E-state index in [0.717, 1.165) is 13.1 Å². The summed E-state index contributed by atoms with van der Waals surface area (Å²) in [5.41, 5.74) is 0. The van der Waals surface area contributed by atoms with Crippen LogP contribution in [-0.2, 0) is 4.74 Å². The zero-order valence-electron chi connectivity index (χ0n) is 7.42. The minimum absolute atomic E-state index is 0.222. The van der Waals surface area contributed by atoms with E-state index in [-0.39, 0.29) is 6.23 Å². The lowest BCUT2D eigenvalue weighted by Crippen LogP contribution is -2.33. The topological polar surface area (TPSA) is 12.5 Å². The molecule has 0 aliphatic rings. The summed E-state index contributed by atoms with van der Waals surface area (Å²) in [6.07, 6.45) is 0.222. The Balaban J connectivity index is 3.53. The summed E-state index contributed by atoms with van der Waals surface area (Å²) in [4.78, 5) is 2.25. The fourth-order valence-electron chi connectivity index (χ4n) is 1.02. The standard InChI is InChI=1S/C8H18NO/c1-5-9(6-2)8(4)10-7-3/h7-8H,5-6H2,1-4H3. The third-order valence-corrected chi connectivity index (χ3v) is 1.66. The second-order valence-electron chi connectivity index (χ2n) is 2.19. The number of hydrogen-bond donors (Lipinski definition) is 0. The summed E-state index contributed by atoms with van der Waals surface area (Å²) in [5, 5.41) is 0. The van der Waals surface area contributed by atoms with Crippen LogP contribution in [-0.4, -0.2) is 24.2 Å². The molecule has 1 unspecified atom stereocenters. The van der Waals surface area contributed by atoms with E-state index in [2.05, 4.69) is 25.7 Å². The van der Waals surface area contributed by atoms with Crippen LogP contribution in [0.2, 0.25) is 0 Å². The van der Waals surface area contributed by atoms with Crippen molar-refractivity contribution in [3.63, 3.8) is 0 Å². The molecule has 0 aromatic carbocycles. The Morgan fingerprint density at radius 3 is 2.20 bits per heavy atom. The second-order valence-corrected chi connectivity index (χ2v) is 2.19. The van der Waals surface area contributed by atoms with E-state index in [9.17, 15) is 0 Å². The van der Waals surface area contributed by atoms with Crippen LogP contribution in [0.4, 0.5) is 0 Å². The fraction of sp³-hybridized carbons (Fsp3) is 0.875. The molecule has 0 saturated carbocycles. The molecule has 0 N–H and O–H groups in total. The zero-order valence-corrected chi connectivity index (χ0v) is 7.42. The Morgan fingerprint density at radius 1 is 1.40 bits per heavy atom. The molecule has 2 nitrogen and oxygen atoms in total. The van der Waals surface area contributed by atoms with Gasteiger partial charge in [0.15, 0.2) is 0 Å². The maximum absolute atomic E-state index is 5.29. The van der Waals surface area contributed by atoms with Crippen LogP contribution in [0.25, 0.3) is 0 Å². The van der Waals surface area contributed by atoms with Crippen LogP contribution >= 0.6 is 0 Å². The first-order chi connectivity index (χ1) is 4.76. The predicted molar refractivity (Wildman–Crippen MR) is 43.4 cm³/mol. The molecule has 1 atom stereocenters. The summed E-state index contributed by atoms with van der Waals surface area (Å²) >= 11 is 0. The van der Waals surface area contributed by atoms with Crippen LogP contribution in [0.15, 0.2) is 0 Å². The lowest BCUT2D eigenvalue weighted by molar-refractivity contribution is -0.00809. The first-order valence-electron chi connectivity index (χ1n) is 3.93. The van der Waals surface area contributed by atoms with Crippen molar-refractivity contribution >= 4 is 0 Å². The van der Waals surface area contributed by atoms with Crippen molar-refractivity contribution in [2.75, 3.05) is 13.1 Å². The van der Waals surface area contributed by atoms with E-state index in [1.54, 1.807) is 6.61 Å². The minimum Gasteiger partial charge on any atom is -0.358 e. The van der Waals surface area contributed by atoms with Crippen molar-refractivity contribution in [3.8, 4) is 0 Å². The Hall–Kier alpha value is -0.0800. The molecule has 0 aromatic rings. The Kier molecular flexibility index (Phi) is 5.64. The lowest BCUT2D eigenvalue weighted by Gasteiger charge is -2.25. The zero-order chi connectivity index (χ0) is 7.98. The van der Waals surface area contributed by atoms with Gasteiger partial charge in [-0.1, -0.05) is 13.8 Å². The fourth-order valence-corrected chi connectivity index (χ4v) is 1.02. The molecule has 0 heterocycles. The van der Waals surface area contributed by atoms with Gasteiger partial charge in [0.05, 0.1) is 6.61 Å². The smallest absolute Gasteiger partial charge is 0.108 e. The van der Waals surface area contributed by atoms with E-state index in [4.69, 9.17) is 4.74 Å². The van der Waals surface area contributed by atoms with Crippen LogP contribution in [0.5, 0.6) is 0 Å². The van der Waals surface area contributed by atoms with Gasteiger partial charge in [-0.3, -0.25) is 4.90 Å². The summed E-state index contributed by atoms with van der Waals surface area (Å²) < 4.78 is 5.29. The molecule has 0 aliphatic heterocycles. The summed E-state index contributed by atoms with van der Waals surface area (Å²) in [5.74, 6) is 0. The Labute approximate surface area is 64.2 Å². The van der Waals surface area contributed by atoms with Gasteiger partial charge in [-0.25, -0.2) is 0 Å². The highest BCUT2D eigenvalue weighted by atomic mass is 16.5. The molecular weight excluding hydrogens is 126 g/mol. The molecule has 0 bridgehead atoms. The predicted octanol–water partition coefficient (Wildman–Crippen LogP) is 1.87. The molecule has 0 aromatic heterocycles. The number of hydrogen-bond acceptors (Lipinski definition) is 2. The molecule has 0 spiro atoms. The third kappa shape index (κ3) is 3.18. The van der Waals surface area contributed by atoms with Crippen LogP contribution in [0.1, 0.15) is 27.7 Å². The van der Waals surface area contributed by atoms with E-state index in [1.165, 1.54) is 0 Å². The highest BCUT2D eigenvalue weighted by Gasteiger charge is 2.07. The molecule has 0 saturated heterocycles. The van der Waals surface area contributed by atoms with E-state index in [0.29, 0.717) is 0 Å². The largest absolute Gasteiger partial charge is 0.358 e. The van der Waals surface area contributed by atoms with Crippen molar-refractivity contribution in [2.24, 2.45) is 0 Å². The highest BCUT2D eigenvalue weighted by Crippen LogP contribution is 2.00. The second kappa shape index (κ2) is 5.69. The maximum Gasteiger partial charge on any atom is 0.108 e. The highest BCUT2D eigenvalue weighted by molar-refractivity contribution is 4.54. The maximum atomic E-state index is 5.29. The Morgan fingerprint density at radius 2 is 1.90 bits per heavy atom. The van der Waals surface area contributed by atoms with Gasteiger partial charge < -0.3 is 4.74 Å². The first-order valence-corrected chi connectivity index (χ1v) is 3.93. The monoisotopic (exact) mass is 144 g/mol. The first kappa shape index (κ1) is 9.92. The summed E-state index contributed by atoms with van der Waals surface area (Å²) in [6, 6.07) is 0. The van der Waals surface area contributed by atoms with Crippen LogP contribution in [0.3, 0.4) is 0 Å². The van der Waals surface area contributed by atoms with Gasteiger partial charge in [0, 0.05) is 0 Å². The van der Waals surface area contributed by atoms with Gasteiger partial charge in [-0.2, -0.15) is 0 Å². The van der Waals surface area contributed by atoms with Gasteiger partial charge in [-0.15, -0.1) is 0 Å². The summed E-state index contributed by atoms with van der Waals surface area (Å²) in [7, 11) is 0. The number of nitrogens with zero attached hydrogens (tertiary/aromatic N) is 1. The van der Waals surface area contributed by atoms with Crippen molar-refractivity contribution < 1.29 is 4.74 Å². The van der Waals surface area contributed by atoms with Gasteiger partial charge in [-0.05, 0) is 26.9 Å². The molecule has 0 fully saturated rings. The van der Waals surface area contributed by atoms with E-state index >= 15 is 0 Å². The van der Waals surface area contributed by atoms with Gasteiger partial charge in [0.25, 0.3) is 0 Å². The van der Waals surface area contributed by atoms with Gasteiger partial charge in [0.1, 0.15) is 6.23 Å². The SMILES string of the molecule is C[CH]OC(C)N(CC)CC. The third-order valence-electron chi connectivity index (χ3n) is 1.66. The van der Waals surface area contributed by atoms with E-state index in [1.807, 2.05) is 6.92 Å². The lowest BCUT2D eigenvalue weighted by atomic mass is 10.4. The number of rotatable bonds is 5. The molecule has 1 radical (unpaired) electrons. The molecule has 0 aliphatic carbocycles. The van der Waals surface area contributed by atoms with Gasteiger partial charge in [0.2, 0.25) is 0 Å². The quantitative estimate of drug-likeness (QED) is 0.546. The van der Waals surface area contributed by atoms with Crippen molar-refractivity contribution in [1.82, 2.24) is 4.90 Å². The minimum atomic E-state index is 0.222. The Bertz CT molecular complexity index is 71.7. The van der Waals surface area contributed by atoms with Gasteiger partial charge >= 0.3 is 0 Å². The molecule has 10 heavy (non-hydrogen) atoms. The summed E-state index contributed by atoms with van der Waals surface area (Å²) in [6.45, 7) is 12.1. The average Bonchev–Trinajstić information content (AvgIpc) is 1.91. The van der Waals surface area contributed by atoms with Crippen LogP contribution < -0.4 is 0 Å². The molecular formula is C8H18NO. The normalized spacial score (nSPS) is 14.1.